The third-order valence-corrected chi connectivity index (χ3v) is 2.12. The summed E-state index contributed by atoms with van der Waals surface area (Å²) in [6.07, 6.45) is -3.72. The molecule has 0 unspecified atom stereocenters. The smallest absolute Gasteiger partial charge is 0.466 e. The van der Waals surface area contributed by atoms with E-state index in [4.69, 9.17) is 34.8 Å². The van der Waals surface area contributed by atoms with Crippen LogP contribution in [0.25, 0.3) is 0 Å². The maximum absolute atomic E-state index is 11.1. The van der Waals surface area contributed by atoms with Crippen LogP contribution in [-0.4, -0.2) is 35.2 Å². The Morgan fingerprint density at radius 3 is 2.43 bits per heavy atom. The van der Waals surface area contributed by atoms with Gasteiger partial charge >= 0.3 is 12.1 Å². The first kappa shape index (κ1) is 11.7. The zero-order valence-corrected chi connectivity index (χ0v) is 9.10. The van der Waals surface area contributed by atoms with E-state index < -0.39 is 28.1 Å². The van der Waals surface area contributed by atoms with Crippen molar-refractivity contribution in [3.63, 3.8) is 0 Å². The molecule has 1 saturated heterocycles. The third-order valence-electron chi connectivity index (χ3n) is 1.48. The molecular formula is C6H5Cl3O5. The number of methoxy groups -OCH3 is 1. The molecule has 1 aliphatic heterocycles. The highest BCUT2D eigenvalue weighted by atomic mass is 35.6. The summed E-state index contributed by atoms with van der Waals surface area (Å²) in [6, 6.07) is 0. The summed E-state index contributed by atoms with van der Waals surface area (Å²) in [5, 5.41) is 0. The molecular weight excluding hydrogens is 258 g/mol. The summed E-state index contributed by atoms with van der Waals surface area (Å²) in [5.74, 6) is -0.841. The van der Waals surface area contributed by atoms with E-state index in [1.54, 1.807) is 0 Å². The summed E-state index contributed by atoms with van der Waals surface area (Å²) in [4.78, 5) is 21.8. The number of carbonyl (C=O) groups is 2. The second-order valence-corrected chi connectivity index (χ2v) is 4.76. The first-order valence-electron chi connectivity index (χ1n) is 3.38. The Balaban J connectivity index is 2.83. The van der Waals surface area contributed by atoms with Crippen LogP contribution in [0.15, 0.2) is 0 Å². The van der Waals surface area contributed by atoms with Crippen LogP contribution in [0.2, 0.25) is 0 Å². The van der Waals surface area contributed by atoms with Crippen LogP contribution in [0.3, 0.4) is 0 Å². The third kappa shape index (κ3) is 2.34. The molecule has 0 aromatic heterocycles. The van der Waals surface area contributed by atoms with Crippen LogP contribution in [-0.2, 0) is 19.0 Å². The Hall–Kier alpha value is -0.390. The number of ether oxygens (including phenoxy) is 3. The fourth-order valence-corrected chi connectivity index (χ4v) is 1.36. The Morgan fingerprint density at radius 1 is 1.43 bits per heavy atom. The predicted octanol–water partition coefficient (Wildman–Crippen LogP) is 1.43. The molecule has 0 radical (unpaired) electrons. The summed E-state index contributed by atoms with van der Waals surface area (Å²) in [6.45, 7) is 0. The number of alkyl halides is 3. The van der Waals surface area contributed by atoms with Gasteiger partial charge < -0.3 is 14.2 Å². The quantitative estimate of drug-likeness (QED) is 0.529. The van der Waals surface area contributed by atoms with Crippen molar-refractivity contribution in [3.05, 3.63) is 0 Å². The van der Waals surface area contributed by atoms with E-state index in [1.165, 1.54) is 0 Å². The first-order chi connectivity index (χ1) is 6.36. The Labute approximate surface area is 94.1 Å². The maximum Gasteiger partial charge on any atom is 0.509 e. The minimum Gasteiger partial charge on any atom is -0.466 e. The van der Waals surface area contributed by atoms with E-state index in [0.717, 1.165) is 7.11 Å². The predicted molar refractivity (Wildman–Crippen MR) is 47.4 cm³/mol. The lowest BCUT2D eigenvalue weighted by molar-refractivity contribution is -0.150. The van der Waals surface area contributed by atoms with Crippen molar-refractivity contribution in [1.82, 2.24) is 0 Å². The highest BCUT2D eigenvalue weighted by molar-refractivity contribution is 6.68. The fourth-order valence-electron chi connectivity index (χ4n) is 0.885. The highest BCUT2D eigenvalue weighted by Crippen LogP contribution is 2.38. The SMILES string of the molecule is COC(=O)[C@H]1OC(=O)O[C@@H]1C(Cl)(Cl)Cl. The molecule has 1 rings (SSSR count). The zero-order valence-electron chi connectivity index (χ0n) is 6.83. The molecule has 14 heavy (non-hydrogen) atoms. The summed E-state index contributed by atoms with van der Waals surface area (Å²) in [7, 11) is 1.12. The molecule has 5 nitrogen and oxygen atoms in total. The van der Waals surface area contributed by atoms with Gasteiger partial charge in [0.1, 0.15) is 0 Å². The average Bonchev–Trinajstić information content (AvgIpc) is 2.45. The molecule has 0 aromatic carbocycles. The highest BCUT2D eigenvalue weighted by Gasteiger charge is 2.53. The van der Waals surface area contributed by atoms with Crippen molar-refractivity contribution < 1.29 is 23.8 Å². The van der Waals surface area contributed by atoms with Gasteiger partial charge in [-0.2, -0.15) is 0 Å². The molecule has 1 fully saturated rings. The van der Waals surface area contributed by atoms with Crippen molar-refractivity contribution in [1.29, 1.82) is 0 Å². The van der Waals surface area contributed by atoms with Gasteiger partial charge in [-0.3, -0.25) is 0 Å². The number of halogens is 3. The number of esters is 1. The summed E-state index contributed by atoms with van der Waals surface area (Å²) in [5.41, 5.74) is 0. The molecule has 0 aliphatic carbocycles. The molecule has 8 heteroatoms. The second kappa shape index (κ2) is 4.00. The Bertz CT molecular complexity index is 261. The molecule has 0 spiro atoms. The lowest BCUT2D eigenvalue weighted by atomic mass is 10.2. The van der Waals surface area contributed by atoms with Gasteiger partial charge in [0.25, 0.3) is 0 Å². The van der Waals surface area contributed by atoms with Crippen LogP contribution in [0.1, 0.15) is 0 Å². The normalized spacial score (nSPS) is 26.7. The Morgan fingerprint density at radius 2 is 2.00 bits per heavy atom. The van der Waals surface area contributed by atoms with Gasteiger partial charge in [0.15, 0.2) is 6.10 Å². The van der Waals surface area contributed by atoms with Crippen LogP contribution < -0.4 is 0 Å². The van der Waals surface area contributed by atoms with Crippen molar-refractivity contribution in [2.45, 2.75) is 16.0 Å². The van der Waals surface area contributed by atoms with Gasteiger partial charge in [-0.25, -0.2) is 9.59 Å². The molecule has 0 aromatic rings. The maximum atomic E-state index is 11.1. The standard InChI is InChI=1S/C6H5Cl3O5/c1-12-4(10)2-3(6(7,8)9)14-5(11)13-2/h2-3H,1H3/t2-,3-/m0/s1. The van der Waals surface area contributed by atoms with Crippen LogP contribution in [0.4, 0.5) is 4.79 Å². The van der Waals surface area contributed by atoms with Crippen LogP contribution in [0, 0.1) is 0 Å². The van der Waals surface area contributed by atoms with E-state index in [2.05, 4.69) is 14.2 Å². The van der Waals surface area contributed by atoms with E-state index in [0.29, 0.717) is 0 Å². The van der Waals surface area contributed by atoms with Gasteiger partial charge in [-0.1, -0.05) is 34.8 Å². The first-order valence-corrected chi connectivity index (χ1v) is 4.51. The van der Waals surface area contributed by atoms with Crippen molar-refractivity contribution in [2.24, 2.45) is 0 Å². The van der Waals surface area contributed by atoms with Crippen molar-refractivity contribution in [3.8, 4) is 0 Å². The van der Waals surface area contributed by atoms with Gasteiger partial charge in [0.2, 0.25) is 9.90 Å². The number of carbonyl (C=O) groups excluding carboxylic acids is 2. The van der Waals surface area contributed by atoms with E-state index >= 15 is 0 Å². The second-order valence-electron chi connectivity index (χ2n) is 2.39. The van der Waals surface area contributed by atoms with Crippen LogP contribution in [0.5, 0.6) is 0 Å². The molecule has 0 amide bonds. The number of cyclic esters (lactones) is 2. The van der Waals surface area contributed by atoms with Gasteiger partial charge in [-0.05, 0) is 0 Å². The number of hydrogen-bond acceptors (Lipinski definition) is 5. The van der Waals surface area contributed by atoms with Gasteiger partial charge in [0.05, 0.1) is 7.11 Å². The molecule has 0 bridgehead atoms. The van der Waals surface area contributed by atoms with E-state index in [-0.39, 0.29) is 0 Å². The molecule has 1 aliphatic rings. The Kier molecular flexibility index (Phi) is 3.34. The summed E-state index contributed by atoms with van der Waals surface area (Å²) >= 11 is 16.4. The average molecular weight is 263 g/mol. The van der Waals surface area contributed by atoms with E-state index in [9.17, 15) is 9.59 Å². The molecule has 1 heterocycles. The lowest BCUT2D eigenvalue weighted by Gasteiger charge is -2.19. The number of hydrogen-bond donors (Lipinski definition) is 0. The summed E-state index contributed by atoms with van der Waals surface area (Å²) < 4.78 is 11.4. The molecule has 2 atom stereocenters. The topological polar surface area (TPSA) is 61.8 Å². The van der Waals surface area contributed by atoms with Crippen molar-refractivity contribution in [2.75, 3.05) is 7.11 Å². The largest absolute Gasteiger partial charge is 0.509 e. The molecule has 0 saturated carbocycles. The van der Waals surface area contributed by atoms with Crippen molar-refractivity contribution >= 4 is 46.9 Å². The monoisotopic (exact) mass is 262 g/mol. The molecule has 80 valence electrons. The fraction of sp³-hybridized carbons (Fsp3) is 0.667. The minimum atomic E-state index is -1.94. The van der Waals surface area contributed by atoms with Gasteiger partial charge in [0, 0.05) is 0 Å². The minimum absolute atomic E-state index is 0.841. The van der Waals surface area contributed by atoms with Gasteiger partial charge in [-0.15, -0.1) is 0 Å². The lowest BCUT2D eigenvalue weighted by Crippen LogP contribution is -2.40. The van der Waals surface area contributed by atoms with E-state index in [1.807, 2.05) is 0 Å². The molecule has 0 N–H and O–H groups in total. The van der Waals surface area contributed by atoms with Crippen LogP contribution >= 0.6 is 34.8 Å². The number of rotatable bonds is 1. The zero-order chi connectivity index (χ0) is 10.9.